The third kappa shape index (κ3) is 6.71. The number of hydrogen-bond donors (Lipinski definition) is 2. The molecule has 2 aromatic heterocycles. The van der Waals surface area contributed by atoms with E-state index in [1.807, 2.05) is 46.8 Å². The molecule has 44 heavy (non-hydrogen) atoms. The smallest absolute Gasteiger partial charge is 0.257 e. The largest absolute Gasteiger partial charge is 0.344 e. The molecule has 2 atom stereocenters. The minimum absolute atomic E-state index is 0.0286. The average molecular weight is 601 g/mol. The van der Waals surface area contributed by atoms with Crippen LogP contribution in [0.1, 0.15) is 109 Å². The first-order valence-electron chi connectivity index (χ1n) is 16.4. The van der Waals surface area contributed by atoms with E-state index in [4.69, 9.17) is 10.1 Å². The Morgan fingerprint density at radius 2 is 1.73 bits per heavy atom. The highest BCUT2D eigenvalue weighted by molar-refractivity contribution is 5.95. The minimum Gasteiger partial charge on any atom is -0.344 e. The molecule has 2 aliphatic heterocycles. The van der Waals surface area contributed by atoms with Gasteiger partial charge in [0.25, 0.3) is 5.91 Å². The number of aromatic amines is 1. The summed E-state index contributed by atoms with van der Waals surface area (Å²) < 4.78 is 1.84. The van der Waals surface area contributed by atoms with Crippen molar-refractivity contribution in [2.45, 2.75) is 102 Å². The summed E-state index contributed by atoms with van der Waals surface area (Å²) in [5.74, 6) is 1.34. The number of nitrogens with one attached hydrogen (secondary N) is 2. The summed E-state index contributed by atoms with van der Waals surface area (Å²) in [5.41, 5.74) is 2.63. The third-order valence-corrected chi connectivity index (χ3v) is 9.44. The number of carbonyl (C=O) groups excluding carboxylic acids is 3. The predicted molar refractivity (Wildman–Crippen MR) is 165 cm³/mol. The van der Waals surface area contributed by atoms with Crippen LogP contribution in [-0.2, 0) is 22.6 Å². The number of fused-ring (bicyclic) bond motifs is 2. The van der Waals surface area contributed by atoms with E-state index in [-0.39, 0.29) is 24.1 Å². The summed E-state index contributed by atoms with van der Waals surface area (Å²) in [6, 6.07) is 9.06. The lowest BCUT2D eigenvalue weighted by Gasteiger charge is -2.36. The highest BCUT2D eigenvalue weighted by Crippen LogP contribution is 2.33. The molecular formula is C33H44N8O3. The summed E-state index contributed by atoms with van der Waals surface area (Å²) in [6.45, 7) is 3.67. The maximum absolute atomic E-state index is 14.1. The zero-order chi connectivity index (χ0) is 30.5. The zero-order valence-electron chi connectivity index (χ0n) is 25.7. The van der Waals surface area contributed by atoms with Crippen LogP contribution in [0, 0.1) is 6.92 Å². The second kappa shape index (κ2) is 13.7. The van der Waals surface area contributed by atoms with Gasteiger partial charge in [-0.2, -0.15) is 10.2 Å². The number of H-pyrrole nitrogens is 1. The second-order valence-corrected chi connectivity index (χ2v) is 12.5. The number of aromatic nitrogens is 5. The van der Waals surface area contributed by atoms with E-state index in [2.05, 4.69) is 15.5 Å². The number of piperidine rings is 1. The number of nitrogens with zero attached hydrogens (tertiary/aromatic N) is 6. The van der Waals surface area contributed by atoms with Gasteiger partial charge in [-0.1, -0.05) is 49.6 Å². The van der Waals surface area contributed by atoms with Crippen LogP contribution in [-0.4, -0.2) is 78.2 Å². The number of amides is 3. The maximum Gasteiger partial charge on any atom is 0.257 e. The topological polar surface area (TPSA) is 129 Å². The van der Waals surface area contributed by atoms with Gasteiger partial charge in [-0.15, -0.1) is 0 Å². The first kappa shape index (κ1) is 30.0. The highest BCUT2D eigenvalue weighted by atomic mass is 16.2. The molecule has 4 heterocycles. The molecule has 2 N–H and O–H groups in total. The van der Waals surface area contributed by atoms with Gasteiger partial charge >= 0.3 is 0 Å². The Bertz CT molecular complexity index is 1440. The van der Waals surface area contributed by atoms with Gasteiger partial charge in [-0.05, 0) is 57.4 Å². The van der Waals surface area contributed by atoms with E-state index >= 15 is 0 Å². The van der Waals surface area contributed by atoms with Crippen LogP contribution >= 0.6 is 0 Å². The number of rotatable bonds is 4. The molecule has 0 radical (unpaired) electrons. The van der Waals surface area contributed by atoms with Gasteiger partial charge in [-0.3, -0.25) is 19.5 Å². The van der Waals surface area contributed by atoms with Crippen molar-refractivity contribution in [3.05, 3.63) is 65.0 Å². The van der Waals surface area contributed by atoms with E-state index < -0.39 is 12.1 Å². The molecule has 2 fully saturated rings. The van der Waals surface area contributed by atoms with Gasteiger partial charge in [0.1, 0.15) is 17.7 Å². The molecule has 3 amide bonds. The Labute approximate surface area is 258 Å². The molecule has 1 saturated carbocycles. The van der Waals surface area contributed by atoms with Crippen LogP contribution < -0.4 is 5.32 Å². The lowest BCUT2D eigenvalue weighted by atomic mass is 9.85. The molecule has 1 aliphatic carbocycles. The summed E-state index contributed by atoms with van der Waals surface area (Å²) in [5, 5.41) is 15.4. The lowest BCUT2D eigenvalue weighted by molar-refractivity contribution is -0.142. The molecular weight excluding hydrogens is 556 g/mol. The van der Waals surface area contributed by atoms with E-state index in [0.29, 0.717) is 68.6 Å². The molecule has 0 spiro atoms. The van der Waals surface area contributed by atoms with Crippen LogP contribution in [0.5, 0.6) is 0 Å². The molecule has 3 aromatic rings. The van der Waals surface area contributed by atoms with Crippen LogP contribution in [0.3, 0.4) is 0 Å². The molecule has 6 rings (SSSR count). The van der Waals surface area contributed by atoms with Crippen LogP contribution in [0.15, 0.2) is 36.5 Å². The van der Waals surface area contributed by atoms with Crippen molar-refractivity contribution >= 4 is 17.7 Å². The second-order valence-electron chi connectivity index (χ2n) is 12.5. The number of hydrogen-bond acceptors (Lipinski definition) is 6. The SMILES string of the molecule is Cc1nc2n(n1)CCN(C(=O)c1cn[nH]c1C1CCCCC1)CCCC(=O)N1CCCC[C@H]1C(=O)N[C@@H]2Cc1ccccc1. The Kier molecular flexibility index (Phi) is 9.37. The summed E-state index contributed by atoms with van der Waals surface area (Å²) >= 11 is 0. The van der Waals surface area contributed by atoms with Crippen molar-refractivity contribution in [2.75, 3.05) is 19.6 Å². The van der Waals surface area contributed by atoms with E-state index in [0.717, 1.165) is 49.8 Å². The molecule has 1 aromatic carbocycles. The predicted octanol–water partition coefficient (Wildman–Crippen LogP) is 4.07. The lowest BCUT2D eigenvalue weighted by Crippen LogP contribution is -2.53. The van der Waals surface area contributed by atoms with Crippen molar-refractivity contribution in [1.29, 1.82) is 0 Å². The zero-order valence-corrected chi connectivity index (χ0v) is 25.7. The van der Waals surface area contributed by atoms with Gasteiger partial charge < -0.3 is 15.1 Å². The molecule has 0 bridgehead atoms. The van der Waals surface area contributed by atoms with Gasteiger partial charge in [0, 0.05) is 32.0 Å². The average Bonchev–Trinajstić information content (AvgIpc) is 3.69. The van der Waals surface area contributed by atoms with Gasteiger partial charge in [0.05, 0.1) is 30.0 Å². The fourth-order valence-corrected chi connectivity index (χ4v) is 7.16. The summed E-state index contributed by atoms with van der Waals surface area (Å²) in [7, 11) is 0. The number of carbonyl (C=O) groups is 3. The van der Waals surface area contributed by atoms with E-state index in [9.17, 15) is 14.4 Å². The molecule has 11 nitrogen and oxygen atoms in total. The first-order valence-corrected chi connectivity index (χ1v) is 16.4. The molecule has 1 saturated heterocycles. The third-order valence-electron chi connectivity index (χ3n) is 9.44. The molecule has 234 valence electrons. The standard InChI is InChI=1S/C33H44N8O3/c1-23-35-31-27(21-24-11-4-2-5-12-24)36-32(43)28-15-8-9-18-40(28)29(42)16-10-17-39(19-20-41(31)38-23)33(44)26-22-34-37-30(26)25-13-6-3-7-14-25/h2,4-5,11-12,22,25,27-28H,3,6-10,13-21H2,1H3,(H,34,37)(H,36,43)/t27-,28+/m1/s1. The minimum atomic E-state index is -0.517. The summed E-state index contributed by atoms with van der Waals surface area (Å²) in [6.07, 6.45) is 11.1. The quantitative estimate of drug-likeness (QED) is 0.465. The van der Waals surface area contributed by atoms with Crippen molar-refractivity contribution < 1.29 is 14.4 Å². The molecule has 3 aliphatic rings. The number of aryl methyl sites for hydroxylation is 1. The van der Waals surface area contributed by atoms with Crippen molar-refractivity contribution in [3.63, 3.8) is 0 Å². The molecule has 0 unspecified atom stereocenters. The summed E-state index contributed by atoms with van der Waals surface area (Å²) in [4.78, 5) is 49.8. The monoisotopic (exact) mass is 600 g/mol. The van der Waals surface area contributed by atoms with Gasteiger partial charge in [0.2, 0.25) is 11.8 Å². The van der Waals surface area contributed by atoms with Crippen LogP contribution in [0.4, 0.5) is 0 Å². The fraction of sp³-hybridized carbons (Fsp3) is 0.576. The Morgan fingerprint density at radius 1 is 0.932 bits per heavy atom. The van der Waals surface area contributed by atoms with E-state index in [1.54, 1.807) is 11.1 Å². The number of benzene rings is 1. The van der Waals surface area contributed by atoms with Crippen molar-refractivity contribution in [2.24, 2.45) is 0 Å². The maximum atomic E-state index is 14.1. The fourth-order valence-electron chi connectivity index (χ4n) is 7.16. The Morgan fingerprint density at radius 3 is 2.55 bits per heavy atom. The highest BCUT2D eigenvalue weighted by Gasteiger charge is 2.35. The van der Waals surface area contributed by atoms with Crippen LogP contribution in [0.25, 0.3) is 0 Å². The van der Waals surface area contributed by atoms with Gasteiger partial charge in [-0.25, -0.2) is 9.67 Å². The Balaban J connectivity index is 1.32. The Hall–Kier alpha value is -4.02. The van der Waals surface area contributed by atoms with Crippen LogP contribution in [0.2, 0.25) is 0 Å². The van der Waals surface area contributed by atoms with Gasteiger partial charge in [0.15, 0.2) is 0 Å². The molecule has 11 heteroatoms. The van der Waals surface area contributed by atoms with Crippen molar-refractivity contribution in [1.82, 2.24) is 40.1 Å². The first-order chi connectivity index (χ1) is 21.5. The normalized spacial score (nSPS) is 22.6. The van der Waals surface area contributed by atoms with Crippen molar-refractivity contribution in [3.8, 4) is 0 Å². The van der Waals surface area contributed by atoms with E-state index in [1.165, 1.54) is 6.42 Å².